The molecule has 29 heavy (non-hydrogen) atoms. The number of rotatable bonds is 4. The Labute approximate surface area is 171 Å². The minimum absolute atomic E-state index is 0.191. The van der Waals surface area contributed by atoms with Crippen LogP contribution < -0.4 is 0 Å². The van der Waals surface area contributed by atoms with E-state index in [2.05, 4.69) is 27.6 Å². The molecule has 4 nitrogen and oxygen atoms in total. The van der Waals surface area contributed by atoms with Crippen LogP contribution in [0.1, 0.15) is 36.6 Å². The van der Waals surface area contributed by atoms with Crippen LogP contribution in [0.25, 0.3) is 10.9 Å². The van der Waals surface area contributed by atoms with Crippen LogP contribution in [0.5, 0.6) is 0 Å². The van der Waals surface area contributed by atoms with E-state index in [9.17, 15) is 9.50 Å². The molecule has 2 fully saturated rings. The molecule has 1 saturated carbocycles. The molecular formula is C24H28FN3O. The second kappa shape index (κ2) is 6.92. The molecule has 2 aromatic heterocycles. The minimum Gasteiger partial charge on any atom is -0.383 e. The van der Waals surface area contributed by atoms with Crippen LogP contribution in [-0.4, -0.2) is 32.6 Å². The number of halogens is 1. The molecule has 5 heteroatoms. The summed E-state index contributed by atoms with van der Waals surface area (Å²) in [6.45, 7) is 7.64. The van der Waals surface area contributed by atoms with Gasteiger partial charge in [-0.1, -0.05) is 6.07 Å². The zero-order valence-corrected chi connectivity index (χ0v) is 17.1. The second-order valence-electron chi connectivity index (χ2n) is 8.85. The first-order chi connectivity index (χ1) is 14.0. The molecular weight excluding hydrogens is 365 g/mol. The molecule has 3 aromatic rings. The predicted molar refractivity (Wildman–Crippen MR) is 112 cm³/mol. The molecule has 3 atom stereocenters. The van der Waals surface area contributed by atoms with Crippen molar-refractivity contribution in [3.63, 3.8) is 0 Å². The van der Waals surface area contributed by atoms with Gasteiger partial charge in [0.05, 0.1) is 11.2 Å². The van der Waals surface area contributed by atoms with Crippen LogP contribution in [0.3, 0.4) is 0 Å². The van der Waals surface area contributed by atoms with E-state index < -0.39 is 5.60 Å². The summed E-state index contributed by atoms with van der Waals surface area (Å²) in [4.78, 5) is 7.01. The normalized spacial score (nSPS) is 27.0. The highest BCUT2D eigenvalue weighted by Crippen LogP contribution is 2.50. The van der Waals surface area contributed by atoms with Gasteiger partial charge < -0.3 is 9.67 Å². The molecule has 3 heterocycles. The van der Waals surface area contributed by atoms with E-state index in [1.54, 1.807) is 12.1 Å². The van der Waals surface area contributed by atoms with E-state index in [1.165, 1.54) is 5.56 Å². The predicted octanol–water partition coefficient (Wildman–Crippen LogP) is 4.23. The van der Waals surface area contributed by atoms with Gasteiger partial charge in [-0.05, 0) is 68.0 Å². The molecule has 0 unspecified atom stereocenters. The Balaban J connectivity index is 1.39. The standard InChI is InChI=1S/C24H28FN3O/c1-3-28-14-18(20-6-5-19(25)10-22(20)28)13-27-12-17-8-9-24(29,21(17)15-27)23-7-4-16(2)11-26-23/h4-7,10-11,14,17,21,29H,3,8-9,12-13,15H2,1-2H3/t17-,21+,24-/m1/s1. The Morgan fingerprint density at radius 1 is 1.24 bits per heavy atom. The van der Waals surface area contributed by atoms with Crippen molar-refractivity contribution < 1.29 is 9.50 Å². The summed E-state index contributed by atoms with van der Waals surface area (Å²) >= 11 is 0. The molecule has 1 aliphatic heterocycles. The first kappa shape index (κ1) is 18.8. The number of pyridine rings is 1. The molecule has 1 N–H and O–H groups in total. The first-order valence-corrected chi connectivity index (χ1v) is 10.6. The minimum atomic E-state index is -0.826. The summed E-state index contributed by atoms with van der Waals surface area (Å²) in [6.07, 6.45) is 5.84. The van der Waals surface area contributed by atoms with Crippen LogP contribution in [-0.2, 0) is 18.7 Å². The van der Waals surface area contributed by atoms with Crippen LogP contribution in [0.2, 0.25) is 0 Å². The van der Waals surface area contributed by atoms with Gasteiger partial charge in [0.15, 0.2) is 0 Å². The van der Waals surface area contributed by atoms with Crippen LogP contribution in [0.4, 0.5) is 4.39 Å². The number of benzene rings is 1. The fraction of sp³-hybridized carbons (Fsp3) is 0.458. The van der Waals surface area contributed by atoms with Crippen molar-refractivity contribution in [3.05, 3.63) is 65.4 Å². The van der Waals surface area contributed by atoms with Crippen molar-refractivity contribution in [3.8, 4) is 0 Å². The van der Waals surface area contributed by atoms with E-state index in [1.807, 2.05) is 31.3 Å². The quantitative estimate of drug-likeness (QED) is 0.721. The third-order valence-electron chi connectivity index (χ3n) is 7.04. The summed E-state index contributed by atoms with van der Waals surface area (Å²) in [6, 6.07) is 9.10. The number of fused-ring (bicyclic) bond motifs is 2. The van der Waals surface area contributed by atoms with Gasteiger partial charge in [0.25, 0.3) is 0 Å². The topological polar surface area (TPSA) is 41.3 Å². The van der Waals surface area contributed by atoms with Gasteiger partial charge >= 0.3 is 0 Å². The maximum Gasteiger partial charge on any atom is 0.125 e. The first-order valence-electron chi connectivity index (χ1n) is 10.6. The molecule has 1 aliphatic carbocycles. The Morgan fingerprint density at radius 3 is 2.86 bits per heavy atom. The molecule has 152 valence electrons. The smallest absolute Gasteiger partial charge is 0.125 e. The van der Waals surface area contributed by atoms with Crippen LogP contribution >= 0.6 is 0 Å². The van der Waals surface area contributed by atoms with Crippen LogP contribution in [0, 0.1) is 24.6 Å². The van der Waals surface area contributed by atoms with E-state index in [0.29, 0.717) is 5.92 Å². The number of likely N-dealkylation sites (tertiary alicyclic amines) is 1. The van der Waals surface area contributed by atoms with Gasteiger partial charge in [-0.25, -0.2) is 4.39 Å². The van der Waals surface area contributed by atoms with Crippen molar-refractivity contribution in [2.45, 2.75) is 45.4 Å². The number of hydrogen-bond donors (Lipinski definition) is 1. The molecule has 1 saturated heterocycles. The van der Waals surface area contributed by atoms with Gasteiger partial charge in [0.1, 0.15) is 11.4 Å². The van der Waals surface area contributed by atoms with Gasteiger partial charge in [0.2, 0.25) is 0 Å². The maximum atomic E-state index is 13.7. The zero-order valence-electron chi connectivity index (χ0n) is 17.1. The molecule has 2 aliphatic rings. The number of aryl methyl sites for hydroxylation is 2. The maximum absolute atomic E-state index is 13.7. The van der Waals surface area contributed by atoms with Crippen molar-refractivity contribution in [2.24, 2.45) is 11.8 Å². The average molecular weight is 394 g/mol. The Morgan fingerprint density at radius 2 is 2.10 bits per heavy atom. The Bertz CT molecular complexity index is 1040. The highest BCUT2D eigenvalue weighted by atomic mass is 19.1. The number of hydrogen-bond acceptors (Lipinski definition) is 3. The lowest BCUT2D eigenvalue weighted by atomic mass is 9.85. The molecule has 1 aromatic carbocycles. The molecule has 0 amide bonds. The summed E-state index contributed by atoms with van der Waals surface area (Å²) in [5, 5.41) is 12.6. The second-order valence-corrected chi connectivity index (χ2v) is 8.85. The van der Waals surface area contributed by atoms with Crippen LogP contribution in [0.15, 0.2) is 42.7 Å². The molecule has 0 spiro atoms. The average Bonchev–Trinajstić information content (AvgIpc) is 3.36. The lowest BCUT2D eigenvalue weighted by molar-refractivity contribution is -0.0108. The van der Waals surface area contributed by atoms with E-state index in [4.69, 9.17) is 0 Å². The largest absolute Gasteiger partial charge is 0.383 e. The third-order valence-corrected chi connectivity index (χ3v) is 7.04. The Kier molecular flexibility index (Phi) is 4.48. The monoisotopic (exact) mass is 393 g/mol. The van der Waals surface area contributed by atoms with Gasteiger partial charge in [-0.3, -0.25) is 9.88 Å². The van der Waals surface area contributed by atoms with E-state index in [0.717, 1.165) is 61.2 Å². The summed E-state index contributed by atoms with van der Waals surface area (Å²) in [5.41, 5.74) is 3.30. The number of nitrogens with zero attached hydrogens (tertiary/aromatic N) is 3. The summed E-state index contributed by atoms with van der Waals surface area (Å²) in [5.74, 6) is 0.526. The molecule has 0 radical (unpaired) electrons. The lowest BCUT2D eigenvalue weighted by Crippen LogP contribution is -2.35. The van der Waals surface area contributed by atoms with Crippen molar-refractivity contribution in [1.29, 1.82) is 0 Å². The summed E-state index contributed by atoms with van der Waals surface area (Å²) in [7, 11) is 0. The molecule has 5 rings (SSSR count). The Hall–Kier alpha value is -2.24. The third kappa shape index (κ3) is 3.08. The number of aliphatic hydroxyl groups is 1. The van der Waals surface area contributed by atoms with Gasteiger partial charge in [-0.2, -0.15) is 0 Å². The number of aromatic nitrogens is 2. The molecule has 0 bridgehead atoms. The fourth-order valence-electron chi connectivity index (χ4n) is 5.53. The van der Waals surface area contributed by atoms with Crippen molar-refractivity contribution in [1.82, 2.24) is 14.5 Å². The van der Waals surface area contributed by atoms with Gasteiger partial charge in [0, 0.05) is 49.9 Å². The SMILES string of the molecule is CCn1cc(CN2C[C@H]3CC[C@](O)(c4ccc(C)cn4)[C@H]3C2)c2ccc(F)cc21. The summed E-state index contributed by atoms with van der Waals surface area (Å²) < 4.78 is 15.9. The van der Waals surface area contributed by atoms with Gasteiger partial charge in [-0.15, -0.1) is 0 Å². The van der Waals surface area contributed by atoms with E-state index in [-0.39, 0.29) is 11.7 Å². The fourth-order valence-corrected chi connectivity index (χ4v) is 5.53. The zero-order chi connectivity index (χ0) is 20.2. The van der Waals surface area contributed by atoms with Crippen molar-refractivity contribution >= 4 is 10.9 Å². The van der Waals surface area contributed by atoms with Crippen molar-refractivity contribution in [2.75, 3.05) is 13.1 Å². The highest BCUT2D eigenvalue weighted by molar-refractivity contribution is 5.84. The highest BCUT2D eigenvalue weighted by Gasteiger charge is 2.53. The van der Waals surface area contributed by atoms with E-state index >= 15 is 0 Å². The lowest BCUT2D eigenvalue weighted by Gasteiger charge is -2.29.